The Morgan fingerprint density at radius 1 is 0.308 bits per heavy atom. The third-order valence-electron chi connectivity index (χ3n) is 13.8. The quantitative estimate of drug-likeness (QED) is 0.154. The third-order valence-corrected chi connectivity index (χ3v) is 13.8. The van der Waals surface area contributed by atoms with Gasteiger partial charge in [-0.2, -0.15) is 0 Å². The summed E-state index contributed by atoms with van der Waals surface area (Å²) in [5.74, 6) is 0. The third kappa shape index (κ3) is 5.67. The van der Waals surface area contributed by atoms with E-state index in [1.54, 1.807) is 0 Å². The molecule has 0 saturated carbocycles. The smallest absolute Gasteiger partial charge is 0.0755 e. The molecule has 304 valence electrons. The van der Waals surface area contributed by atoms with E-state index in [0.717, 1.165) is 28.3 Å². The molecule has 1 aliphatic heterocycles. The number of rotatable bonds is 6. The molecule has 0 N–H and O–H groups in total. The van der Waals surface area contributed by atoms with Crippen molar-refractivity contribution in [2.24, 2.45) is 0 Å². The molecule has 0 aromatic heterocycles. The van der Waals surface area contributed by atoms with Crippen LogP contribution in [-0.4, -0.2) is 0 Å². The molecule has 11 aromatic carbocycles. The maximum atomic E-state index is 2.50. The van der Waals surface area contributed by atoms with Gasteiger partial charge < -0.3 is 9.80 Å². The van der Waals surface area contributed by atoms with Crippen LogP contribution in [-0.2, 0) is 5.41 Å². The van der Waals surface area contributed by atoms with E-state index in [0.29, 0.717) is 0 Å². The summed E-state index contributed by atoms with van der Waals surface area (Å²) in [5, 5.41) is 4.96. The van der Waals surface area contributed by atoms with Gasteiger partial charge in [-0.1, -0.05) is 194 Å². The molecule has 2 heteroatoms. The predicted octanol–water partition coefficient (Wildman–Crippen LogP) is 16.9. The highest BCUT2D eigenvalue weighted by Crippen LogP contribution is 2.64. The van der Waals surface area contributed by atoms with Crippen LogP contribution in [0, 0.1) is 0 Å². The van der Waals surface area contributed by atoms with E-state index in [4.69, 9.17) is 0 Å². The molecule has 2 aliphatic rings. The number of para-hydroxylation sites is 4. The van der Waals surface area contributed by atoms with Gasteiger partial charge in [0.05, 0.1) is 22.5 Å². The summed E-state index contributed by atoms with van der Waals surface area (Å²) in [7, 11) is 0. The fraction of sp³-hybridized carbons (Fsp3) is 0.0159. The number of nitrogens with zero attached hydrogens (tertiary/aromatic N) is 2. The number of fused-ring (bicyclic) bond motifs is 12. The minimum Gasteiger partial charge on any atom is -0.310 e. The molecule has 13 rings (SSSR count). The molecule has 1 spiro atoms. The summed E-state index contributed by atoms with van der Waals surface area (Å²) in [6, 6.07) is 94.0. The second-order valence-corrected chi connectivity index (χ2v) is 17.2. The van der Waals surface area contributed by atoms with Gasteiger partial charge in [-0.3, -0.25) is 0 Å². The molecule has 11 aromatic rings. The zero-order chi connectivity index (χ0) is 42.9. The lowest BCUT2D eigenvalue weighted by atomic mass is 9.64. The van der Waals surface area contributed by atoms with Crippen molar-refractivity contribution in [1.29, 1.82) is 0 Å². The fourth-order valence-corrected chi connectivity index (χ4v) is 11.1. The zero-order valence-electron chi connectivity index (χ0n) is 35.6. The highest BCUT2D eigenvalue weighted by Gasteiger charge is 2.51. The first kappa shape index (κ1) is 37.1. The summed E-state index contributed by atoms with van der Waals surface area (Å²) in [4.78, 5) is 4.94. The van der Waals surface area contributed by atoms with Crippen LogP contribution in [0.2, 0.25) is 0 Å². The summed E-state index contributed by atoms with van der Waals surface area (Å²) >= 11 is 0. The van der Waals surface area contributed by atoms with Crippen LogP contribution in [0.5, 0.6) is 0 Å². The standard InChI is InChI=1S/C63H42N2/c1-3-18-43(19-4-1)45-21-17-22-46(40-45)53-26-10-14-31-60(53)64(49-36-38-52-47(41-49)35-34-44-20-7-8-25-51(44)52)50-37-39-55-54-27-9-11-28-56(54)63(59(55)42-50)57-29-12-15-32-61(57)65(48-23-5-2-6-24-48)62-33-16-13-30-58(62)63/h1-42H. The van der Waals surface area contributed by atoms with Gasteiger partial charge in [0, 0.05) is 22.6 Å². The Labute approximate surface area is 379 Å². The molecule has 0 fully saturated rings. The molecular weight excluding hydrogens is 785 g/mol. The Hall–Kier alpha value is -8.46. The average molecular weight is 827 g/mol. The maximum absolute atomic E-state index is 2.50. The lowest BCUT2D eigenvalue weighted by Crippen LogP contribution is -2.36. The molecule has 0 saturated heterocycles. The van der Waals surface area contributed by atoms with Gasteiger partial charge in [0.1, 0.15) is 0 Å². The Bertz CT molecular complexity index is 3580. The van der Waals surface area contributed by atoms with Crippen LogP contribution >= 0.6 is 0 Å². The fourth-order valence-electron chi connectivity index (χ4n) is 11.1. The molecule has 0 atom stereocenters. The summed E-state index contributed by atoms with van der Waals surface area (Å²) in [6.45, 7) is 0. The molecule has 0 unspecified atom stereocenters. The molecule has 1 aliphatic carbocycles. The van der Waals surface area contributed by atoms with Crippen LogP contribution in [0.4, 0.5) is 34.1 Å². The summed E-state index contributed by atoms with van der Waals surface area (Å²) in [6.07, 6.45) is 0. The van der Waals surface area contributed by atoms with Crippen molar-refractivity contribution in [3.63, 3.8) is 0 Å². The van der Waals surface area contributed by atoms with Crippen molar-refractivity contribution >= 4 is 55.7 Å². The van der Waals surface area contributed by atoms with Crippen LogP contribution in [0.1, 0.15) is 22.3 Å². The second kappa shape index (κ2) is 14.8. The molecule has 0 radical (unpaired) electrons. The van der Waals surface area contributed by atoms with Crippen molar-refractivity contribution < 1.29 is 0 Å². The number of hydrogen-bond acceptors (Lipinski definition) is 2. The van der Waals surface area contributed by atoms with E-state index in [-0.39, 0.29) is 0 Å². The monoisotopic (exact) mass is 826 g/mol. The van der Waals surface area contributed by atoms with Gasteiger partial charge in [-0.15, -0.1) is 0 Å². The van der Waals surface area contributed by atoms with Crippen LogP contribution in [0.15, 0.2) is 255 Å². The lowest BCUT2D eigenvalue weighted by Gasteiger charge is -2.45. The van der Waals surface area contributed by atoms with E-state index in [1.165, 1.54) is 83.0 Å². The van der Waals surface area contributed by atoms with Crippen LogP contribution in [0.3, 0.4) is 0 Å². The Balaban J connectivity index is 1.08. The van der Waals surface area contributed by atoms with Crippen molar-refractivity contribution in [3.8, 4) is 33.4 Å². The molecule has 0 amide bonds. The van der Waals surface area contributed by atoms with Crippen LogP contribution in [0.25, 0.3) is 54.9 Å². The second-order valence-electron chi connectivity index (χ2n) is 17.2. The van der Waals surface area contributed by atoms with Crippen molar-refractivity contribution in [1.82, 2.24) is 0 Å². The molecule has 1 heterocycles. The molecule has 2 nitrogen and oxygen atoms in total. The normalized spacial score (nSPS) is 13.0. The number of hydrogen-bond donors (Lipinski definition) is 0. The minimum atomic E-state index is -0.585. The van der Waals surface area contributed by atoms with Gasteiger partial charge in [0.15, 0.2) is 0 Å². The number of anilines is 6. The minimum absolute atomic E-state index is 0.585. The van der Waals surface area contributed by atoms with E-state index < -0.39 is 5.41 Å². The maximum Gasteiger partial charge on any atom is 0.0755 e. The van der Waals surface area contributed by atoms with E-state index in [2.05, 4.69) is 265 Å². The summed E-state index contributed by atoms with van der Waals surface area (Å²) < 4.78 is 0. The predicted molar refractivity (Wildman–Crippen MR) is 273 cm³/mol. The summed E-state index contributed by atoms with van der Waals surface area (Å²) in [5.41, 5.74) is 18.6. The first-order valence-corrected chi connectivity index (χ1v) is 22.5. The van der Waals surface area contributed by atoms with Crippen molar-refractivity contribution in [3.05, 3.63) is 277 Å². The molecular formula is C63H42N2. The van der Waals surface area contributed by atoms with E-state index >= 15 is 0 Å². The zero-order valence-corrected chi connectivity index (χ0v) is 35.6. The van der Waals surface area contributed by atoms with Gasteiger partial charge >= 0.3 is 0 Å². The molecule has 65 heavy (non-hydrogen) atoms. The Kier molecular flexibility index (Phi) is 8.47. The highest BCUT2D eigenvalue weighted by molar-refractivity contribution is 6.09. The van der Waals surface area contributed by atoms with E-state index in [9.17, 15) is 0 Å². The highest BCUT2D eigenvalue weighted by atomic mass is 15.2. The Morgan fingerprint density at radius 3 is 1.66 bits per heavy atom. The van der Waals surface area contributed by atoms with Gasteiger partial charge in [-0.05, 0) is 132 Å². The van der Waals surface area contributed by atoms with E-state index in [1.807, 2.05) is 0 Å². The van der Waals surface area contributed by atoms with Crippen LogP contribution < -0.4 is 9.80 Å². The first-order valence-electron chi connectivity index (χ1n) is 22.5. The van der Waals surface area contributed by atoms with Gasteiger partial charge in [0.2, 0.25) is 0 Å². The topological polar surface area (TPSA) is 6.48 Å². The molecule has 0 bridgehead atoms. The Morgan fingerprint density at radius 2 is 0.862 bits per heavy atom. The largest absolute Gasteiger partial charge is 0.310 e. The lowest BCUT2D eigenvalue weighted by molar-refractivity contribution is 0.752. The average Bonchev–Trinajstić information content (AvgIpc) is 3.67. The van der Waals surface area contributed by atoms with Gasteiger partial charge in [-0.25, -0.2) is 0 Å². The van der Waals surface area contributed by atoms with Gasteiger partial charge in [0.25, 0.3) is 0 Å². The number of benzene rings is 11. The van der Waals surface area contributed by atoms with Crippen molar-refractivity contribution in [2.75, 3.05) is 9.80 Å². The van der Waals surface area contributed by atoms with Crippen molar-refractivity contribution in [2.45, 2.75) is 5.41 Å². The SMILES string of the molecule is c1ccc(-c2cccc(-c3ccccc3N(c3ccc4c(c3)C3(c5ccccc5-4)c4ccccc4N(c4ccccc4)c4ccccc43)c3ccc4c(ccc5ccccc54)c3)c2)cc1. The first-order chi connectivity index (χ1) is 32.3.